The van der Waals surface area contributed by atoms with Crippen LogP contribution in [0.25, 0.3) is 6.08 Å². The molecule has 0 radical (unpaired) electrons. The number of hydrogen-bond donors (Lipinski definition) is 1. The second-order valence-corrected chi connectivity index (χ2v) is 5.93. The van der Waals surface area contributed by atoms with E-state index >= 15 is 0 Å². The van der Waals surface area contributed by atoms with Gasteiger partial charge in [-0.15, -0.1) is 0 Å². The molecule has 1 N–H and O–H groups in total. The fourth-order valence-corrected chi connectivity index (χ4v) is 3.27. The highest BCUT2D eigenvalue weighted by atomic mass is 32.2. The fourth-order valence-electron chi connectivity index (χ4n) is 2.06. The van der Waals surface area contributed by atoms with E-state index in [1.807, 2.05) is 11.8 Å². The molecule has 3 nitrogen and oxygen atoms in total. The first-order valence-corrected chi connectivity index (χ1v) is 7.59. The number of benzene rings is 1. The van der Waals surface area contributed by atoms with Gasteiger partial charge >= 0.3 is 5.97 Å². The molecular formula is C15H17FO3S. The Labute approximate surface area is 121 Å². The van der Waals surface area contributed by atoms with Crippen LogP contribution in [0.5, 0.6) is 0 Å². The van der Waals surface area contributed by atoms with E-state index in [9.17, 15) is 9.18 Å². The number of rotatable bonds is 5. The fraction of sp³-hybridized carbons (Fsp3) is 0.400. The molecule has 1 saturated heterocycles. The largest absolute Gasteiger partial charge is 0.478 e. The molecule has 0 bridgehead atoms. The minimum absolute atomic E-state index is 0.352. The maximum absolute atomic E-state index is 13.3. The molecule has 1 aliphatic rings. The van der Waals surface area contributed by atoms with Crippen molar-refractivity contribution in [2.45, 2.75) is 23.8 Å². The van der Waals surface area contributed by atoms with Crippen molar-refractivity contribution in [3.05, 3.63) is 41.2 Å². The number of carboxylic acids is 1. The summed E-state index contributed by atoms with van der Waals surface area (Å²) in [4.78, 5) is 10.6. The summed E-state index contributed by atoms with van der Waals surface area (Å²) in [5.41, 5.74) is 1.59. The van der Waals surface area contributed by atoms with Gasteiger partial charge in [-0.2, -0.15) is 11.8 Å². The lowest BCUT2D eigenvalue weighted by atomic mass is 10.1. The highest BCUT2D eigenvalue weighted by Crippen LogP contribution is 2.27. The van der Waals surface area contributed by atoms with Crippen LogP contribution >= 0.6 is 11.8 Å². The molecule has 1 fully saturated rings. The zero-order valence-corrected chi connectivity index (χ0v) is 11.9. The lowest BCUT2D eigenvalue weighted by molar-refractivity contribution is -0.131. The summed E-state index contributed by atoms with van der Waals surface area (Å²) in [6.45, 7) is 1.60. The van der Waals surface area contributed by atoms with Crippen molar-refractivity contribution in [1.82, 2.24) is 0 Å². The molecule has 2 rings (SSSR count). The highest BCUT2D eigenvalue weighted by molar-refractivity contribution is 7.99. The Morgan fingerprint density at radius 3 is 2.90 bits per heavy atom. The second-order valence-electron chi connectivity index (χ2n) is 4.64. The Hall–Kier alpha value is -1.33. The van der Waals surface area contributed by atoms with E-state index in [0.717, 1.165) is 43.4 Å². The van der Waals surface area contributed by atoms with Gasteiger partial charge in [-0.3, -0.25) is 0 Å². The van der Waals surface area contributed by atoms with Gasteiger partial charge in [-0.1, -0.05) is 6.07 Å². The van der Waals surface area contributed by atoms with Gasteiger partial charge in [0.05, 0.1) is 0 Å². The Morgan fingerprint density at radius 2 is 2.20 bits per heavy atom. The molecule has 0 aromatic heterocycles. The van der Waals surface area contributed by atoms with Crippen LogP contribution in [0, 0.1) is 5.82 Å². The van der Waals surface area contributed by atoms with E-state index in [2.05, 4.69) is 0 Å². The summed E-state index contributed by atoms with van der Waals surface area (Å²) in [5.74, 6) is -0.628. The summed E-state index contributed by atoms with van der Waals surface area (Å²) in [7, 11) is 0. The smallest absolute Gasteiger partial charge is 0.328 e. The molecule has 0 aliphatic carbocycles. The Balaban J connectivity index is 2.03. The number of carbonyl (C=O) groups is 1. The number of hydrogen-bond acceptors (Lipinski definition) is 3. The van der Waals surface area contributed by atoms with Crippen LogP contribution in [0.15, 0.2) is 24.3 Å². The number of ether oxygens (including phenoxy) is 1. The molecule has 0 atom stereocenters. The highest BCUT2D eigenvalue weighted by Gasteiger charge is 2.14. The van der Waals surface area contributed by atoms with E-state index in [1.165, 1.54) is 18.2 Å². The van der Waals surface area contributed by atoms with Crippen LogP contribution in [0.1, 0.15) is 24.0 Å². The average Bonchev–Trinajstić information content (AvgIpc) is 2.45. The van der Waals surface area contributed by atoms with Crippen molar-refractivity contribution in [3.8, 4) is 0 Å². The lowest BCUT2D eigenvalue weighted by Gasteiger charge is -2.21. The number of carboxylic acid groups (broad SMARTS) is 1. The maximum Gasteiger partial charge on any atom is 0.328 e. The van der Waals surface area contributed by atoms with Crippen molar-refractivity contribution < 1.29 is 19.0 Å². The van der Waals surface area contributed by atoms with Crippen LogP contribution in [-0.2, 0) is 15.3 Å². The van der Waals surface area contributed by atoms with Gasteiger partial charge in [0.25, 0.3) is 0 Å². The van der Waals surface area contributed by atoms with E-state index in [-0.39, 0.29) is 5.82 Å². The van der Waals surface area contributed by atoms with Crippen LogP contribution in [0.4, 0.5) is 4.39 Å². The topological polar surface area (TPSA) is 46.5 Å². The van der Waals surface area contributed by atoms with Crippen LogP contribution in [-0.4, -0.2) is 29.5 Å². The molecule has 0 unspecified atom stereocenters. The monoisotopic (exact) mass is 296 g/mol. The van der Waals surface area contributed by atoms with E-state index in [1.54, 1.807) is 6.07 Å². The van der Waals surface area contributed by atoms with Crippen LogP contribution < -0.4 is 0 Å². The SMILES string of the molecule is O=C(O)C=Cc1cc(F)ccc1CSC1CCOCC1. The third-order valence-electron chi connectivity index (χ3n) is 3.16. The third kappa shape index (κ3) is 4.65. The molecule has 20 heavy (non-hydrogen) atoms. The maximum atomic E-state index is 13.3. The first kappa shape index (κ1) is 15.1. The standard InChI is InChI=1S/C15H17FO3S/c16-13-3-1-12(11(9-13)2-4-15(17)18)10-20-14-5-7-19-8-6-14/h1-4,9,14H,5-8,10H2,(H,17,18). The first-order valence-electron chi connectivity index (χ1n) is 6.54. The molecule has 5 heteroatoms. The Bertz CT molecular complexity index is 496. The zero-order valence-electron chi connectivity index (χ0n) is 11.0. The number of aliphatic carboxylic acids is 1. The van der Waals surface area contributed by atoms with Crippen molar-refractivity contribution in [2.24, 2.45) is 0 Å². The predicted molar refractivity (Wildman–Crippen MR) is 78.2 cm³/mol. The van der Waals surface area contributed by atoms with Crippen molar-refractivity contribution >= 4 is 23.8 Å². The Morgan fingerprint density at radius 1 is 1.45 bits per heavy atom. The van der Waals surface area contributed by atoms with E-state index in [0.29, 0.717) is 10.8 Å². The van der Waals surface area contributed by atoms with Gasteiger partial charge in [0.15, 0.2) is 0 Å². The van der Waals surface area contributed by atoms with Gasteiger partial charge < -0.3 is 9.84 Å². The predicted octanol–water partition coefficient (Wildman–Crippen LogP) is 3.34. The summed E-state index contributed by atoms with van der Waals surface area (Å²) < 4.78 is 18.6. The van der Waals surface area contributed by atoms with Gasteiger partial charge in [-0.25, -0.2) is 9.18 Å². The normalized spacial score (nSPS) is 16.6. The molecule has 108 valence electrons. The number of thioether (sulfide) groups is 1. The molecule has 0 amide bonds. The molecule has 1 aromatic carbocycles. The van der Waals surface area contributed by atoms with Crippen molar-refractivity contribution in [2.75, 3.05) is 13.2 Å². The summed E-state index contributed by atoms with van der Waals surface area (Å²) in [5, 5.41) is 9.23. The zero-order chi connectivity index (χ0) is 14.4. The molecular weight excluding hydrogens is 279 g/mol. The van der Waals surface area contributed by atoms with Crippen molar-refractivity contribution in [1.29, 1.82) is 0 Å². The van der Waals surface area contributed by atoms with Crippen LogP contribution in [0.3, 0.4) is 0 Å². The third-order valence-corrected chi connectivity index (χ3v) is 4.58. The Kier molecular flexibility index (Phi) is 5.61. The second kappa shape index (κ2) is 7.45. The molecule has 1 heterocycles. The van der Waals surface area contributed by atoms with E-state index in [4.69, 9.17) is 9.84 Å². The van der Waals surface area contributed by atoms with Gasteiger partial charge in [-0.05, 0) is 42.2 Å². The summed E-state index contributed by atoms with van der Waals surface area (Å²) in [6.07, 6.45) is 4.56. The van der Waals surface area contributed by atoms with Gasteiger partial charge in [0.2, 0.25) is 0 Å². The molecule has 1 aliphatic heterocycles. The molecule has 1 aromatic rings. The van der Waals surface area contributed by atoms with Gasteiger partial charge in [0.1, 0.15) is 5.82 Å². The minimum Gasteiger partial charge on any atom is -0.478 e. The summed E-state index contributed by atoms with van der Waals surface area (Å²) >= 11 is 1.82. The van der Waals surface area contributed by atoms with Gasteiger partial charge in [0, 0.05) is 30.3 Å². The van der Waals surface area contributed by atoms with Crippen molar-refractivity contribution in [3.63, 3.8) is 0 Å². The average molecular weight is 296 g/mol. The summed E-state index contributed by atoms with van der Waals surface area (Å²) in [6, 6.07) is 4.51. The minimum atomic E-state index is -1.03. The van der Waals surface area contributed by atoms with Crippen LogP contribution in [0.2, 0.25) is 0 Å². The molecule has 0 saturated carbocycles. The lowest BCUT2D eigenvalue weighted by Crippen LogP contribution is -2.17. The van der Waals surface area contributed by atoms with E-state index < -0.39 is 5.97 Å². The first-order chi connectivity index (χ1) is 9.65. The number of halogens is 1. The molecule has 0 spiro atoms. The quantitative estimate of drug-likeness (QED) is 0.847.